The molecule has 0 aliphatic carbocycles. The molecule has 0 aromatic heterocycles. The zero-order valence-corrected chi connectivity index (χ0v) is 13.5. The third-order valence-electron chi connectivity index (χ3n) is 3.13. The summed E-state index contributed by atoms with van der Waals surface area (Å²) in [5.41, 5.74) is 2.77. The number of fused-ring (bicyclic) bond motifs is 1. The lowest BCUT2D eigenvalue weighted by Gasteiger charge is -2.12. The number of nitrogens with zero attached hydrogens (tertiary/aromatic N) is 2. The highest BCUT2D eigenvalue weighted by atomic mass is 16.3. The van der Waals surface area contributed by atoms with Crippen LogP contribution < -0.4 is 4.90 Å². The number of aliphatic hydroxyl groups excluding tert-OH is 1. The van der Waals surface area contributed by atoms with Crippen LogP contribution in [0.15, 0.2) is 18.2 Å². The smallest absolute Gasteiger partial charge is 0.119 e. The number of hydrogen-bond acceptors (Lipinski definition) is 4. The number of aldehydes is 1. The third kappa shape index (κ3) is 5.20. The van der Waals surface area contributed by atoms with Gasteiger partial charge in [-0.3, -0.25) is 0 Å². The molecule has 1 aliphatic heterocycles. The summed E-state index contributed by atoms with van der Waals surface area (Å²) in [5, 5.41) is 18.1. The van der Waals surface area contributed by atoms with Crippen LogP contribution in [-0.2, 0) is 4.79 Å². The first-order chi connectivity index (χ1) is 10.2. The standard InChI is InChI=1S/C11H12N2O.C4H8O.C2H6/c1-13-6-9(7-14)10-4-2-3-8(5-12)11(10)13;1-2-3-4-5;1-2/h2-4,9,14H,6-7H2,1H3;4H,2-3H2,1H3;1-2H3. The van der Waals surface area contributed by atoms with Crippen molar-refractivity contribution in [3.63, 3.8) is 0 Å². The van der Waals surface area contributed by atoms with Crippen molar-refractivity contribution in [1.82, 2.24) is 0 Å². The summed E-state index contributed by atoms with van der Waals surface area (Å²) < 4.78 is 0. The van der Waals surface area contributed by atoms with Gasteiger partial charge >= 0.3 is 0 Å². The molecule has 0 spiro atoms. The monoisotopic (exact) mass is 290 g/mol. The van der Waals surface area contributed by atoms with Gasteiger partial charge in [-0.2, -0.15) is 5.26 Å². The third-order valence-corrected chi connectivity index (χ3v) is 3.13. The van der Waals surface area contributed by atoms with Crippen molar-refractivity contribution >= 4 is 12.0 Å². The SMILES string of the molecule is CC.CCCC=O.CN1CC(CO)c2cccc(C#N)c21. The molecule has 4 heteroatoms. The number of anilines is 1. The Morgan fingerprint density at radius 1 is 1.48 bits per heavy atom. The number of hydrogen-bond donors (Lipinski definition) is 1. The highest BCUT2D eigenvalue weighted by Gasteiger charge is 2.27. The normalized spacial score (nSPS) is 14.9. The van der Waals surface area contributed by atoms with Gasteiger partial charge in [0.25, 0.3) is 0 Å². The minimum Gasteiger partial charge on any atom is -0.396 e. The highest BCUT2D eigenvalue weighted by Crippen LogP contribution is 2.37. The molecule has 1 aromatic carbocycles. The molecule has 2 rings (SSSR count). The van der Waals surface area contributed by atoms with E-state index in [4.69, 9.17) is 5.26 Å². The van der Waals surface area contributed by atoms with Gasteiger partial charge in [0.05, 0.1) is 17.9 Å². The van der Waals surface area contributed by atoms with Crippen LogP contribution >= 0.6 is 0 Å². The zero-order chi connectivity index (χ0) is 16.3. The zero-order valence-electron chi connectivity index (χ0n) is 13.5. The number of carbonyl (C=O) groups is 1. The summed E-state index contributed by atoms with van der Waals surface area (Å²) in [7, 11) is 1.95. The van der Waals surface area contributed by atoms with Crippen LogP contribution in [0.3, 0.4) is 0 Å². The summed E-state index contributed by atoms with van der Waals surface area (Å²) in [5.74, 6) is 0.156. The van der Waals surface area contributed by atoms with Crippen molar-refractivity contribution in [2.24, 2.45) is 0 Å². The molecule has 0 amide bonds. The number of unbranched alkanes of at least 4 members (excludes halogenated alkanes) is 1. The Morgan fingerprint density at radius 3 is 2.57 bits per heavy atom. The summed E-state index contributed by atoms with van der Waals surface area (Å²) >= 11 is 0. The van der Waals surface area contributed by atoms with Crippen molar-refractivity contribution in [2.75, 3.05) is 25.1 Å². The first-order valence-electron chi connectivity index (χ1n) is 7.48. The Hall–Kier alpha value is -1.86. The van der Waals surface area contributed by atoms with Gasteiger partial charge in [0.1, 0.15) is 12.4 Å². The van der Waals surface area contributed by atoms with E-state index in [1.165, 1.54) is 0 Å². The number of para-hydroxylation sites is 1. The van der Waals surface area contributed by atoms with E-state index in [-0.39, 0.29) is 12.5 Å². The Balaban J connectivity index is 0.000000489. The van der Waals surface area contributed by atoms with Gasteiger partial charge in [0.2, 0.25) is 0 Å². The van der Waals surface area contributed by atoms with Crippen LogP contribution in [0.5, 0.6) is 0 Å². The van der Waals surface area contributed by atoms with Gasteiger partial charge in [0.15, 0.2) is 0 Å². The summed E-state index contributed by atoms with van der Waals surface area (Å²) in [4.78, 5) is 11.4. The number of likely N-dealkylation sites (N-methyl/N-ethyl adjacent to an activating group) is 1. The van der Waals surface area contributed by atoms with E-state index in [9.17, 15) is 9.90 Å². The molecule has 1 unspecified atom stereocenters. The molecule has 116 valence electrons. The fourth-order valence-corrected chi connectivity index (χ4v) is 2.20. The van der Waals surface area contributed by atoms with E-state index in [0.717, 1.165) is 30.5 Å². The van der Waals surface area contributed by atoms with Crippen LogP contribution in [0.1, 0.15) is 50.7 Å². The van der Waals surface area contributed by atoms with Crippen molar-refractivity contribution in [3.8, 4) is 6.07 Å². The second-order valence-corrected chi connectivity index (χ2v) is 4.57. The maximum Gasteiger partial charge on any atom is 0.119 e. The first-order valence-corrected chi connectivity index (χ1v) is 7.48. The molecular weight excluding hydrogens is 264 g/mol. The second kappa shape index (κ2) is 10.9. The lowest BCUT2D eigenvalue weighted by atomic mass is 10.0. The van der Waals surface area contributed by atoms with Crippen molar-refractivity contribution in [3.05, 3.63) is 29.3 Å². The largest absolute Gasteiger partial charge is 0.396 e. The average molecular weight is 290 g/mol. The molecule has 1 N–H and O–H groups in total. The maximum absolute atomic E-state index is 9.40. The highest BCUT2D eigenvalue weighted by molar-refractivity contribution is 5.68. The van der Waals surface area contributed by atoms with E-state index in [1.807, 2.05) is 50.9 Å². The van der Waals surface area contributed by atoms with Gasteiger partial charge in [-0.05, 0) is 18.1 Å². The van der Waals surface area contributed by atoms with Crippen LogP contribution in [0.25, 0.3) is 0 Å². The number of rotatable bonds is 3. The van der Waals surface area contributed by atoms with Crippen molar-refractivity contribution in [2.45, 2.75) is 39.5 Å². The van der Waals surface area contributed by atoms with Crippen molar-refractivity contribution < 1.29 is 9.90 Å². The molecule has 0 fully saturated rings. The number of nitriles is 1. The Labute approximate surface area is 128 Å². The molecule has 1 heterocycles. The molecule has 1 aliphatic rings. The summed E-state index contributed by atoms with van der Waals surface area (Å²) in [6.07, 6.45) is 2.61. The summed E-state index contributed by atoms with van der Waals surface area (Å²) in [6.45, 7) is 6.92. The second-order valence-electron chi connectivity index (χ2n) is 4.57. The molecule has 4 nitrogen and oxygen atoms in total. The number of benzene rings is 1. The van der Waals surface area contributed by atoms with E-state index < -0.39 is 0 Å². The molecule has 0 saturated carbocycles. The molecule has 0 saturated heterocycles. The molecule has 0 radical (unpaired) electrons. The number of carbonyl (C=O) groups excluding carboxylic acids is 1. The lowest BCUT2D eigenvalue weighted by molar-refractivity contribution is -0.107. The number of aliphatic hydroxyl groups is 1. The van der Waals surface area contributed by atoms with Crippen LogP contribution in [0, 0.1) is 11.3 Å². The van der Waals surface area contributed by atoms with E-state index >= 15 is 0 Å². The minimum atomic E-state index is 0.145. The van der Waals surface area contributed by atoms with E-state index in [1.54, 1.807) is 0 Å². The van der Waals surface area contributed by atoms with Gasteiger partial charge in [-0.1, -0.05) is 32.9 Å². The Morgan fingerprint density at radius 2 is 2.14 bits per heavy atom. The molecular formula is C17H26N2O2. The van der Waals surface area contributed by atoms with Gasteiger partial charge in [-0.15, -0.1) is 0 Å². The Bertz CT molecular complexity index is 466. The molecule has 21 heavy (non-hydrogen) atoms. The molecule has 1 atom stereocenters. The first kappa shape index (κ1) is 19.1. The van der Waals surface area contributed by atoms with E-state index in [0.29, 0.717) is 12.0 Å². The molecule has 0 bridgehead atoms. The predicted octanol–water partition coefficient (Wildman–Crippen LogP) is 3.10. The van der Waals surface area contributed by atoms with Crippen LogP contribution in [-0.4, -0.2) is 31.6 Å². The van der Waals surface area contributed by atoms with Crippen LogP contribution in [0.4, 0.5) is 5.69 Å². The Kier molecular flexibility index (Phi) is 9.91. The quantitative estimate of drug-likeness (QED) is 0.869. The van der Waals surface area contributed by atoms with Crippen LogP contribution in [0.2, 0.25) is 0 Å². The maximum atomic E-state index is 9.40. The van der Waals surface area contributed by atoms with Crippen molar-refractivity contribution in [1.29, 1.82) is 5.26 Å². The van der Waals surface area contributed by atoms with E-state index in [2.05, 4.69) is 6.07 Å². The van der Waals surface area contributed by atoms with Gasteiger partial charge < -0.3 is 14.8 Å². The fourth-order valence-electron chi connectivity index (χ4n) is 2.20. The van der Waals surface area contributed by atoms with Gasteiger partial charge in [-0.25, -0.2) is 0 Å². The lowest BCUT2D eigenvalue weighted by Crippen LogP contribution is -2.17. The topological polar surface area (TPSA) is 64.3 Å². The van der Waals surface area contributed by atoms with Gasteiger partial charge in [0, 0.05) is 25.9 Å². The average Bonchev–Trinajstić information content (AvgIpc) is 2.87. The predicted molar refractivity (Wildman–Crippen MR) is 86.6 cm³/mol. The fraction of sp³-hybridized carbons (Fsp3) is 0.529. The minimum absolute atomic E-state index is 0.145. The molecule has 1 aromatic rings. The summed E-state index contributed by atoms with van der Waals surface area (Å²) in [6, 6.07) is 7.85.